The molecular formula is C14H19ClN2OS. The van der Waals surface area contributed by atoms with E-state index in [1.54, 1.807) is 11.3 Å². The number of carbonyl (C=O) groups excluding carboxylic acids is 1. The summed E-state index contributed by atoms with van der Waals surface area (Å²) in [5.41, 5.74) is 0.881. The Kier molecular flexibility index (Phi) is 4.08. The maximum absolute atomic E-state index is 12.5. The van der Waals surface area contributed by atoms with Crippen LogP contribution in [0.4, 0.5) is 0 Å². The Hall–Kier alpha value is -0.610. The van der Waals surface area contributed by atoms with Crippen LogP contribution in [0.5, 0.6) is 0 Å². The maximum Gasteiger partial charge on any atom is 0.229 e. The van der Waals surface area contributed by atoms with Gasteiger partial charge < -0.3 is 4.90 Å². The van der Waals surface area contributed by atoms with Crippen molar-refractivity contribution in [1.29, 1.82) is 0 Å². The van der Waals surface area contributed by atoms with Crippen LogP contribution in [0.3, 0.4) is 0 Å². The Morgan fingerprint density at radius 2 is 2.26 bits per heavy atom. The molecule has 1 amide bonds. The summed E-state index contributed by atoms with van der Waals surface area (Å²) in [6, 6.07) is 0.508. The number of piperidine rings is 1. The molecule has 2 unspecified atom stereocenters. The quantitative estimate of drug-likeness (QED) is 0.803. The van der Waals surface area contributed by atoms with E-state index in [4.69, 9.17) is 11.6 Å². The molecule has 0 bridgehead atoms. The Labute approximate surface area is 123 Å². The Morgan fingerprint density at radius 3 is 3.05 bits per heavy atom. The first-order chi connectivity index (χ1) is 9.28. The fourth-order valence-electron chi connectivity index (χ4n) is 3.49. The molecule has 1 saturated heterocycles. The highest BCUT2D eigenvalue weighted by atomic mass is 35.5. The second kappa shape index (κ2) is 5.80. The molecule has 1 aromatic heterocycles. The molecular weight excluding hydrogens is 280 g/mol. The standard InChI is InChI=1S/C14H19ClN2OS/c15-8-11-9-19-13(16-11)7-14(18)17-6-2-4-10-3-1-5-12(10)17/h9-10,12H,1-8H2. The summed E-state index contributed by atoms with van der Waals surface area (Å²) < 4.78 is 0. The van der Waals surface area contributed by atoms with Crippen LogP contribution < -0.4 is 0 Å². The van der Waals surface area contributed by atoms with Crippen LogP contribution in [-0.2, 0) is 17.1 Å². The predicted molar refractivity (Wildman–Crippen MR) is 77.5 cm³/mol. The van der Waals surface area contributed by atoms with Crippen molar-refractivity contribution >= 4 is 28.8 Å². The van der Waals surface area contributed by atoms with Gasteiger partial charge in [-0.25, -0.2) is 4.98 Å². The number of hydrogen-bond donors (Lipinski definition) is 0. The minimum Gasteiger partial charge on any atom is -0.339 e. The smallest absolute Gasteiger partial charge is 0.229 e. The summed E-state index contributed by atoms with van der Waals surface area (Å²) >= 11 is 7.30. The third-order valence-corrected chi connectivity index (χ3v) is 5.52. The van der Waals surface area contributed by atoms with Crippen molar-refractivity contribution in [1.82, 2.24) is 9.88 Å². The number of halogens is 1. The number of amides is 1. The van der Waals surface area contributed by atoms with E-state index in [0.29, 0.717) is 18.3 Å². The van der Waals surface area contributed by atoms with Crippen molar-refractivity contribution in [3.63, 3.8) is 0 Å². The van der Waals surface area contributed by atoms with Gasteiger partial charge in [0.2, 0.25) is 5.91 Å². The fraction of sp³-hybridized carbons (Fsp3) is 0.714. The van der Waals surface area contributed by atoms with Crippen LogP contribution in [0.1, 0.15) is 42.8 Å². The van der Waals surface area contributed by atoms with E-state index in [1.165, 1.54) is 25.7 Å². The summed E-state index contributed by atoms with van der Waals surface area (Å²) in [5.74, 6) is 1.44. The number of thiazole rings is 1. The molecule has 2 atom stereocenters. The number of nitrogens with zero attached hydrogens (tertiary/aromatic N) is 2. The first-order valence-corrected chi connectivity index (χ1v) is 8.48. The summed E-state index contributed by atoms with van der Waals surface area (Å²) in [4.78, 5) is 19.0. The number of alkyl halides is 1. The fourth-order valence-corrected chi connectivity index (χ4v) is 4.50. The van der Waals surface area contributed by atoms with Crippen LogP contribution in [0.15, 0.2) is 5.38 Å². The van der Waals surface area contributed by atoms with Gasteiger partial charge in [-0.05, 0) is 31.6 Å². The number of rotatable bonds is 3. The highest BCUT2D eigenvalue weighted by Crippen LogP contribution is 2.37. The lowest BCUT2D eigenvalue weighted by molar-refractivity contribution is -0.135. The average molecular weight is 299 g/mol. The average Bonchev–Trinajstić information content (AvgIpc) is 3.05. The minimum atomic E-state index is 0.257. The van der Waals surface area contributed by atoms with Gasteiger partial charge in [-0.1, -0.05) is 6.42 Å². The molecule has 1 aromatic rings. The van der Waals surface area contributed by atoms with Crippen molar-refractivity contribution in [3.05, 3.63) is 16.1 Å². The normalized spacial score (nSPS) is 26.5. The molecule has 2 fully saturated rings. The van der Waals surface area contributed by atoms with Crippen molar-refractivity contribution in [3.8, 4) is 0 Å². The molecule has 0 spiro atoms. The molecule has 1 aliphatic carbocycles. The second-order valence-electron chi connectivity index (χ2n) is 5.53. The summed E-state index contributed by atoms with van der Waals surface area (Å²) in [5, 5.41) is 2.85. The molecule has 2 heterocycles. The van der Waals surface area contributed by atoms with E-state index in [9.17, 15) is 4.79 Å². The highest BCUT2D eigenvalue weighted by Gasteiger charge is 2.37. The van der Waals surface area contributed by atoms with Gasteiger partial charge in [0.25, 0.3) is 0 Å². The molecule has 0 N–H and O–H groups in total. The van der Waals surface area contributed by atoms with Crippen LogP contribution >= 0.6 is 22.9 Å². The molecule has 104 valence electrons. The van der Waals surface area contributed by atoms with Crippen LogP contribution in [0, 0.1) is 5.92 Å². The largest absolute Gasteiger partial charge is 0.339 e. The van der Waals surface area contributed by atoms with Gasteiger partial charge in [-0.15, -0.1) is 22.9 Å². The number of aromatic nitrogens is 1. The zero-order valence-electron chi connectivity index (χ0n) is 11.0. The molecule has 0 radical (unpaired) electrons. The third kappa shape index (κ3) is 2.79. The first kappa shape index (κ1) is 13.4. The SMILES string of the molecule is O=C(Cc1nc(CCl)cs1)N1CCCC2CCCC21. The van der Waals surface area contributed by atoms with Crippen LogP contribution in [-0.4, -0.2) is 28.4 Å². The molecule has 19 heavy (non-hydrogen) atoms. The van der Waals surface area contributed by atoms with Crippen molar-refractivity contribution in [2.24, 2.45) is 5.92 Å². The van der Waals surface area contributed by atoms with Gasteiger partial charge >= 0.3 is 0 Å². The summed E-state index contributed by atoms with van der Waals surface area (Å²) in [6.45, 7) is 0.938. The predicted octanol–water partition coefficient (Wildman–Crippen LogP) is 3.22. The lowest BCUT2D eigenvalue weighted by Gasteiger charge is -2.37. The molecule has 1 aliphatic heterocycles. The minimum absolute atomic E-state index is 0.257. The van der Waals surface area contributed by atoms with Gasteiger partial charge in [0.15, 0.2) is 0 Å². The van der Waals surface area contributed by atoms with E-state index in [1.807, 2.05) is 5.38 Å². The monoisotopic (exact) mass is 298 g/mol. The lowest BCUT2D eigenvalue weighted by Crippen LogP contribution is -2.46. The molecule has 3 rings (SSSR count). The second-order valence-corrected chi connectivity index (χ2v) is 6.74. The van der Waals surface area contributed by atoms with Crippen LogP contribution in [0.2, 0.25) is 0 Å². The number of fused-ring (bicyclic) bond motifs is 1. The maximum atomic E-state index is 12.5. The first-order valence-electron chi connectivity index (χ1n) is 7.06. The van der Waals surface area contributed by atoms with E-state index >= 15 is 0 Å². The zero-order valence-corrected chi connectivity index (χ0v) is 12.6. The number of likely N-dealkylation sites (tertiary alicyclic amines) is 1. The third-order valence-electron chi connectivity index (χ3n) is 4.35. The van der Waals surface area contributed by atoms with Gasteiger partial charge in [-0.3, -0.25) is 4.79 Å². The summed E-state index contributed by atoms with van der Waals surface area (Å²) in [6.07, 6.45) is 6.71. The molecule has 1 saturated carbocycles. The molecule has 5 heteroatoms. The lowest BCUT2D eigenvalue weighted by atomic mass is 9.92. The number of carbonyl (C=O) groups is 1. The number of hydrogen-bond acceptors (Lipinski definition) is 3. The topological polar surface area (TPSA) is 33.2 Å². The van der Waals surface area contributed by atoms with E-state index in [-0.39, 0.29) is 5.91 Å². The van der Waals surface area contributed by atoms with E-state index < -0.39 is 0 Å². The molecule has 2 aliphatic rings. The Bertz CT molecular complexity index is 462. The Balaban J connectivity index is 1.66. The highest BCUT2D eigenvalue weighted by molar-refractivity contribution is 7.09. The molecule has 3 nitrogen and oxygen atoms in total. The van der Waals surface area contributed by atoms with E-state index in [0.717, 1.165) is 29.6 Å². The van der Waals surface area contributed by atoms with Crippen molar-refractivity contribution in [2.75, 3.05) is 6.54 Å². The Morgan fingerprint density at radius 1 is 1.42 bits per heavy atom. The van der Waals surface area contributed by atoms with Gasteiger partial charge in [0.1, 0.15) is 5.01 Å². The molecule has 0 aromatic carbocycles. The van der Waals surface area contributed by atoms with Gasteiger partial charge in [0.05, 0.1) is 18.0 Å². The van der Waals surface area contributed by atoms with Gasteiger partial charge in [-0.2, -0.15) is 0 Å². The van der Waals surface area contributed by atoms with Crippen molar-refractivity contribution in [2.45, 2.75) is 50.4 Å². The zero-order chi connectivity index (χ0) is 13.2. The summed E-state index contributed by atoms with van der Waals surface area (Å²) in [7, 11) is 0. The van der Waals surface area contributed by atoms with E-state index in [2.05, 4.69) is 9.88 Å². The van der Waals surface area contributed by atoms with Gasteiger partial charge in [0, 0.05) is 18.0 Å². The van der Waals surface area contributed by atoms with Crippen LogP contribution in [0.25, 0.3) is 0 Å². The van der Waals surface area contributed by atoms with Crippen molar-refractivity contribution < 1.29 is 4.79 Å².